The van der Waals surface area contributed by atoms with Gasteiger partial charge in [0, 0.05) is 17.1 Å². The zero-order valence-corrected chi connectivity index (χ0v) is 21.5. The van der Waals surface area contributed by atoms with Crippen LogP contribution in [0.1, 0.15) is 66.5 Å². The Morgan fingerprint density at radius 2 is 1.86 bits per heavy atom. The molecule has 1 aromatic heterocycles. The lowest BCUT2D eigenvalue weighted by molar-refractivity contribution is 0.0937. The highest BCUT2D eigenvalue weighted by atomic mass is 35.5. The van der Waals surface area contributed by atoms with E-state index in [9.17, 15) is 4.79 Å². The largest absolute Gasteiger partial charge is 0.493 e. The monoisotopic (exact) mass is 489 g/mol. The molecule has 5 nitrogen and oxygen atoms in total. The maximum absolute atomic E-state index is 12.8. The van der Waals surface area contributed by atoms with Crippen LogP contribution in [0.5, 0.6) is 5.75 Å². The van der Waals surface area contributed by atoms with E-state index in [1.165, 1.54) is 11.1 Å². The van der Waals surface area contributed by atoms with Crippen molar-refractivity contribution in [3.63, 3.8) is 0 Å². The Morgan fingerprint density at radius 1 is 1.06 bits per heavy atom. The summed E-state index contributed by atoms with van der Waals surface area (Å²) in [5.41, 5.74) is 4.90. The minimum absolute atomic E-state index is 0.178. The quantitative estimate of drug-likeness (QED) is 0.255. The number of halogens is 1. The van der Waals surface area contributed by atoms with Gasteiger partial charge in [-0.15, -0.1) is 0 Å². The summed E-state index contributed by atoms with van der Waals surface area (Å²) >= 11 is 6.06. The molecule has 0 aliphatic rings. The van der Waals surface area contributed by atoms with Crippen molar-refractivity contribution < 1.29 is 9.53 Å². The first-order chi connectivity index (χ1) is 16.8. The first kappa shape index (κ1) is 24.8. The summed E-state index contributed by atoms with van der Waals surface area (Å²) in [5.74, 6) is 2.00. The maximum atomic E-state index is 12.8. The molecule has 4 rings (SSSR count). The van der Waals surface area contributed by atoms with Gasteiger partial charge in [-0.3, -0.25) is 4.79 Å². The molecule has 1 unspecified atom stereocenters. The number of hydrogen-bond acceptors (Lipinski definition) is 3. The number of hydrogen-bond donors (Lipinski definition) is 1. The Labute approximate surface area is 212 Å². The number of imidazole rings is 1. The molecule has 0 aliphatic carbocycles. The molecule has 1 atom stereocenters. The standard InChI is InChI=1S/C29H32ClN3O2/c1-19(2)24-14-13-20(3)17-27(24)35-16-8-15-33-26-12-6-5-11-25(26)32-28(33)21(4)31-29(34)22-9-7-10-23(30)18-22/h5-7,9-14,17-19,21H,8,15-16H2,1-4H3,(H,31,34). The summed E-state index contributed by atoms with van der Waals surface area (Å²) in [6.07, 6.45) is 0.813. The summed E-state index contributed by atoms with van der Waals surface area (Å²) in [6.45, 7) is 9.73. The van der Waals surface area contributed by atoms with Crippen LogP contribution in [0.3, 0.4) is 0 Å². The van der Waals surface area contributed by atoms with Crippen molar-refractivity contribution in [3.8, 4) is 5.75 Å². The van der Waals surface area contributed by atoms with Crippen molar-refractivity contribution in [1.82, 2.24) is 14.9 Å². The van der Waals surface area contributed by atoms with Crippen LogP contribution in [0.4, 0.5) is 0 Å². The molecule has 4 aromatic rings. The number of aromatic nitrogens is 2. The predicted octanol–water partition coefficient (Wildman–Crippen LogP) is 7.08. The van der Waals surface area contributed by atoms with Gasteiger partial charge in [0.05, 0.1) is 23.7 Å². The van der Waals surface area contributed by atoms with Gasteiger partial charge in [-0.1, -0.05) is 55.8 Å². The number of carbonyl (C=O) groups excluding carboxylic acids is 1. The number of carbonyl (C=O) groups is 1. The lowest BCUT2D eigenvalue weighted by atomic mass is 10.0. The van der Waals surface area contributed by atoms with Crippen LogP contribution in [0, 0.1) is 6.92 Å². The van der Waals surface area contributed by atoms with Gasteiger partial charge in [-0.2, -0.15) is 0 Å². The van der Waals surface area contributed by atoms with E-state index in [1.807, 2.05) is 25.1 Å². The first-order valence-electron chi connectivity index (χ1n) is 12.1. The van der Waals surface area contributed by atoms with Crippen molar-refractivity contribution in [1.29, 1.82) is 0 Å². The molecule has 182 valence electrons. The van der Waals surface area contributed by atoms with Crippen molar-refractivity contribution in [2.75, 3.05) is 6.61 Å². The number of rotatable bonds is 9. The fraction of sp³-hybridized carbons (Fsp3) is 0.310. The smallest absolute Gasteiger partial charge is 0.251 e. The molecule has 0 saturated carbocycles. The SMILES string of the molecule is Cc1ccc(C(C)C)c(OCCCn2c(C(C)NC(=O)c3cccc(Cl)c3)nc3ccccc32)c1. The molecule has 0 radical (unpaired) electrons. The highest BCUT2D eigenvalue weighted by Crippen LogP contribution is 2.28. The van der Waals surface area contributed by atoms with Crippen LogP contribution in [-0.2, 0) is 6.54 Å². The van der Waals surface area contributed by atoms with Gasteiger partial charge in [-0.25, -0.2) is 4.98 Å². The normalized spacial score (nSPS) is 12.2. The molecule has 0 aliphatic heterocycles. The van der Waals surface area contributed by atoms with E-state index < -0.39 is 0 Å². The van der Waals surface area contributed by atoms with Crippen molar-refractivity contribution in [3.05, 3.63) is 94.3 Å². The minimum atomic E-state index is -0.279. The summed E-state index contributed by atoms with van der Waals surface area (Å²) in [5, 5.41) is 3.61. The molecule has 0 spiro atoms. The first-order valence-corrected chi connectivity index (χ1v) is 12.5. The number of nitrogens with zero attached hydrogens (tertiary/aromatic N) is 2. The Hall–Kier alpha value is -3.31. The third-order valence-corrected chi connectivity index (χ3v) is 6.32. The van der Waals surface area contributed by atoms with E-state index in [4.69, 9.17) is 21.3 Å². The van der Waals surface area contributed by atoms with Crippen molar-refractivity contribution in [2.24, 2.45) is 0 Å². The molecular formula is C29H32ClN3O2. The molecular weight excluding hydrogens is 458 g/mol. The number of para-hydroxylation sites is 2. The van der Waals surface area contributed by atoms with E-state index >= 15 is 0 Å². The van der Waals surface area contributed by atoms with Crippen LogP contribution >= 0.6 is 11.6 Å². The van der Waals surface area contributed by atoms with Gasteiger partial charge >= 0.3 is 0 Å². The second kappa shape index (κ2) is 11.0. The molecule has 1 N–H and O–H groups in total. The van der Waals surface area contributed by atoms with Gasteiger partial charge in [0.1, 0.15) is 11.6 Å². The average Bonchev–Trinajstić information content (AvgIpc) is 3.20. The Morgan fingerprint density at radius 3 is 2.63 bits per heavy atom. The summed E-state index contributed by atoms with van der Waals surface area (Å²) < 4.78 is 8.39. The Balaban J connectivity index is 1.49. The van der Waals surface area contributed by atoms with Crippen LogP contribution in [0.15, 0.2) is 66.7 Å². The van der Waals surface area contributed by atoms with E-state index in [2.05, 4.69) is 54.9 Å². The number of ether oxygens (including phenoxy) is 1. The zero-order chi connectivity index (χ0) is 24.9. The molecule has 1 heterocycles. The third kappa shape index (κ3) is 5.85. The highest BCUT2D eigenvalue weighted by Gasteiger charge is 2.19. The number of fused-ring (bicyclic) bond motifs is 1. The number of nitrogens with one attached hydrogen (secondary N) is 1. The Bertz CT molecular complexity index is 1330. The van der Waals surface area contributed by atoms with E-state index in [-0.39, 0.29) is 11.9 Å². The van der Waals surface area contributed by atoms with E-state index in [1.54, 1.807) is 24.3 Å². The fourth-order valence-corrected chi connectivity index (χ4v) is 4.47. The van der Waals surface area contributed by atoms with Gasteiger partial charge in [0.15, 0.2) is 0 Å². The number of amides is 1. The summed E-state index contributed by atoms with van der Waals surface area (Å²) in [6, 6.07) is 21.1. The maximum Gasteiger partial charge on any atom is 0.251 e. The van der Waals surface area contributed by atoms with Gasteiger partial charge in [-0.05, 0) is 73.7 Å². The van der Waals surface area contributed by atoms with Crippen molar-refractivity contribution in [2.45, 2.75) is 52.6 Å². The van der Waals surface area contributed by atoms with Gasteiger partial charge in [0.2, 0.25) is 0 Å². The second-order valence-corrected chi connectivity index (χ2v) is 9.65. The second-order valence-electron chi connectivity index (χ2n) is 9.21. The van der Waals surface area contributed by atoms with Crippen LogP contribution in [-0.4, -0.2) is 22.1 Å². The van der Waals surface area contributed by atoms with E-state index in [0.717, 1.165) is 35.6 Å². The van der Waals surface area contributed by atoms with Crippen LogP contribution < -0.4 is 10.1 Å². The molecule has 6 heteroatoms. The number of aryl methyl sites for hydroxylation is 2. The molecule has 0 bridgehead atoms. The third-order valence-electron chi connectivity index (χ3n) is 6.08. The van der Waals surface area contributed by atoms with Crippen molar-refractivity contribution >= 4 is 28.5 Å². The average molecular weight is 490 g/mol. The van der Waals surface area contributed by atoms with Gasteiger partial charge < -0.3 is 14.6 Å². The molecule has 35 heavy (non-hydrogen) atoms. The lowest BCUT2D eigenvalue weighted by Crippen LogP contribution is -2.28. The Kier molecular flexibility index (Phi) is 7.76. The number of benzene rings is 3. The summed E-state index contributed by atoms with van der Waals surface area (Å²) in [7, 11) is 0. The lowest BCUT2D eigenvalue weighted by Gasteiger charge is -2.18. The zero-order valence-electron chi connectivity index (χ0n) is 20.7. The van der Waals surface area contributed by atoms with Crippen LogP contribution in [0.25, 0.3) is 11.0 Å². The molecule has 0 fully saturated rings. The highest BCUT2D eigenvalue weighted by molar-refractivity contribution is 6.30. The topological polar surface area (TPSA) is 56.1 Å². The van der Waals surface area contributed by atoms with Crippen LogP contribution in [0.2, 0.25) is 5.02 Å². The predicted molar refractivity (Wildman–Crippen MR) is 142 cm³/mol. The fourth-order valence-electron chi connectivity index (χ4n) is 4.28. The minimum Gasteiger partial charge on any atom is -0.493 e. The molecule has 0 saturated heterocycles. The molecule has 1 amide bonds. The molecule has 3 aromatic carbocycles. The van der Waals surface area contributed by atoms with E-state index in [0.29, 0.717) is 23.1 Å². The van der Waals surface area contributed by atoms with Gasteiger partial charge in [0.25, 0.3) is 5.91 Å². The summed E-state index contributed by atoms with van der Waals surface area (Å²) in [4.78, 5) is 17.7.